The minimum atomic E-state index is -0.758. The summed E-state index contributed by atoms with van der Waals surface area (Å²) in [5.41, 5.74) is 1.58. The number of rotatable bonds is 5. The second kappa shape index (κ2) is 9.34. The average molecular weight is 435 g/mol. The van der Waals surface area contributed by atoms with Crippen molar-refractivity contribution >= 4 is 29.4 Å². The van der Waals surface area contributed by atoms with E-state index < -0.39 is 29.4 Å². The van der Waals surface area contributed by atoms with Gasteiger partial charge in [0.05, 0.1) is 18.6 Å². The van der Waals surface area contributed by atoms with Crippen LogP contribution in [-0.4, -0.2) is 37.1 Å². The molecule has 1 aromatic carbocycles. The van der Waals surface area contributed by atoms with Crippen LogP contribution in [0.1, 0.15) is 46.1 Å². The molecule has 1 aliphatic heterocycles. The third kappa shape index (κ3) is 5.42. The zero-order valence-corrected chi connectivity index (χ0v) is 18.8. The number of dihydropyridines is 1. The molecule has 2 N–H and O–H groups in total. The van der Waals surface area contributed by atoms with Crippen LogP contribution in [-0.2, 0) is 23.9 Å². The molecule has 0 aliphatic carbocycles. The molecule has 0 radical (unpaired) electrons. The van der Waals surface area contributed by atoms with Gasteiger partial charge in [0.15, 0.2) is 0 Å². The summed E-state index contributed by atoms with van der Waals surface area (Å²) in [6, 6.07) is 6.98. The van der Waals surface area contributed by atoms with Crippen molar-refractivity contribution in [2.45, 2.75) is 46.1 Å². The molecule has 1 unspecified atom stereocenters. The summed E-state index contributed by atoms with van der Waals surface area (Å²) in [6.07, 6.45) is 0. The zero-order valence-electron chi connectivity index (χ0n) is 18.0. The van der Waals surface area contributed by atoms with Gasteiger partial charge in [-0.05, 0) is 46.2 Å². The van der Waals surface area contributed by atoms with Gasteiger partial charge in [0.25, 0.3) is 0 Å². The van der Waals surface area contributed by atoms with Gasteiger partial charge in [-0.15, -0.1) is 0 Å². The maximum Gasteiger partial charge on any atom is 0.336 e. The third-order valence-corrected chi connectivity index (χ3v) is 4.78. The van der Waals surface area contributed by atoms with Crippen LogP contribution in [0.5, 0.6) is 0 Å². The molecule has 0 spiro atoms. The van der Waals surface area contributed by atoms with Gasteiger partial charge in [0.2, 0.25) is 5.91 Å². The van der Waals surface area contributed by atoms with E-state index in [0.717, 1.165) is 0 Å². The summed E-state index contributed by atoms with van der Waals surface area (Å²) in [6.45, 7) is 8.38. The standard InChI is InChI=1S/C22H27ClN2O5/c1-12-17(20(27)24-11-16(26)30-22(3,4)5)19(14-9-7-8-10-15(14)23)18(13(2)25-12)21(28)29-6/h7-10,19,25H,11H2,1-6H3,(H,24,27). The molecule has 2 rings (SSSR count). The maximum absolute atomic E-state index is 13.1. The molecule has 1 atom stereocenters. The Morgan fingerprint density at radius 1 is 1.10 bits per heavy atom. The molecule has 0 saturated heterocycles. The Labute approximate surface area is 181 Å². The quantitative estimate of drug-likeness (QED) is 0.691. The summed E-state index contributed by atoms with van der Waals surface area (Å²) in [5, 5.41) is 6.05. The topological polar surface area (TPSA) is 93.7 Å². The van der Waals surface area contributed by atoms with Gasteiger partial charge in [0, 0.05) is 22.0 Å². The van der Waals surface area contributed by atoms with Gasteiger partial charge >= 0.3 is 11.9 Å². The molecule has 1 heterocycles. The second-order valence-electron chi connectivity index (χ2n) is 7.92. The summed E-state index contributed by atoms with van der Waals surface area (Å²) in [7, 11) is 1.28. The molecule has 0 saturated carbocycles. The number of carbonyl (C=O) groups excluding carboxylic acids is 3. The molecular formula is C22H27ClN2O5. The molecule has 0 bridgehead atoms. The Bertz CT molecular complexity index is 928. The number of hydrogen-bond acceptors (Lipinski definition) is 6. The lowest BCUT2D eigenvalue weighted by molar-refractivity contribution is -0.154. The van der Waals surface area contributed by atoms with Crippen LogP contribution in [0.15, 0.2) is 46.8 Å². The van der Waals surface area contributed by atoms with Crippen molar-refractivity contribution in [3.63, 3.8) is 0 Å². The molecular weight excluding hydrogens is 408 g/mol. The van der Waals surface area contributed by atoms with E-state index in [1.54, 1.807) is 58.9 Å². The number of nitrogens with one attached hydrogen (secondary N) is 2. The van der Waals surface area contributed by atoms with Crippen LogP contribution in [0.2, 0.25) is 5.02 Å². The number of methoxy groups -OCH3 is 1. The number of halogens is 1. The fraction of sp³-hybridized carbons (Fsp3) is 0.409. The van der Waals surface area contributed by atoms with Crippen molar-refractivity contribution in [2.24, 2.45) is 0 Å². The van der Waals surface area contributed by atoms with Crippen molar-refractivity contribution in [3.8, 4) is 0 Å². The van der Waals surface area contributed by atoms with Crippen LogP contribution in [0.25, 0.3) is 0 Å². The van der Waals surface area contributed by atoms with Gasteiger partial charge in [-0.2, -0.15) is 0 Å². The summed E-state index contributed by atoms with van der Waals surface area (Å²) < 4.78 is 10.2. The smallest absolute Gasteiger partial charge is 0.336 e. The lowest BCUT2D eigenvalue weighted by Gasteiger charge is -2.31. The minimum absolute atomic E-state index is 0.276. The van der Waals surface area contributed by atoms with Crippen molar-refractivity contribution in [1.82, 2.24) is 10.6 Å². The first kappa shape index (κ1) is 23.5. The first-order chi connectivity index (χ1) is 14.0. The molecule has 30 heavy (non-hydrogen) atoms. The van der Waals surface area contributed by atoms with Gasteiger partial charge in [-0.1, -0.05) is 29.8 Å². The van der Waals surface area contributed by atoms with Crippen molar-refractivity contribution < 1.29 is 23.9 Å². The predicted molar refractivity (Wildman–Crippen MR) is 114 cm³/mol. The number of hydrogen-bond donors (Lipinski definition) is 2. The summed E-state index contributed by atoms with van der Waals surface area (Å²) >= 11 is 6.41. The van der Waals surface area contributed by atoms with Gasteiger partial charge in [-0.25, -0.2) is 4.79 Å². The van der Waals surface area contributed by atoms with E-state index in [4.69, 9.17) is 21.1 Å². The lowest BCUT2D eigenvalue weighted by Crippen LogP contribution is -2.39. The van der Waals surface area contributed by atoms with E-state index in [1.807, 2.05) is 0 Å². The number of allylic oxidation sites excluding steroid dienone is 2. The fourth-order valence-electron chi connectivity index (χ4n) is 3.32. The Morgan fingerprint density at radius 3 is 2.27 bits per heavy atom. The summed E-state index contributed by atoms with van der Waals surface area (Å²) in [5.74, 6) is -2.40. The summed E-state index contributed by atoms with van der Waals surface area (Å²) in [4.78, 5) is 37.7. The molecule has 8 heteroatoms. The second-order valence-corrected chi connectivity index (χ2v) is 8.32. The molecule has 1 amide bonds. The Kier molecular flexibility index (Phi) is 7.31. The highest BCUT2D eigenvalue weighted by Gasteiger charge is 2.38. The Hall–Kier alpha value is -2.80. The maximum atomic E-state index is 13.1. The fourth-order valence-corrected chi connectivity index (χ4v) is 3.57. The molecule has 0 aromatic heterocycles. The number of amides is 1. The zero-order chi connectivity index (χ0) is 22.6. The van der Waals surface area contributed by atoms with E-state index in [9.17, 15) is 14.4 Å². The molecule has 7 nitrogen and oxygen atoms in total. The van der Waals surface area contributed by atoms with E-state index in [2.05, 4.69) is 10.6 Å². The lowest BCUT2D eigenvalue weighted by atomic mass is 9.80. The van der Waals surface area contributed by atoms with E-state index in [0.29, 0.717) is 22.0 Å². The number of esters is 2. The number of ether oxygens (including phenoxy) is 2. The molecule has 1 aliphatic rings. The van der Waals surface area contributed by atoms with Crippen LogP contribution in [0, 0.1) is 0 Å². The highest BCUT2D eigenvalue weighted by atomic mass is 35.5. The van der Waals surface area contributed by atoms with Gasteiger partial charge in [0.1, 0.15) is 12.1 Å². The van der Waals surface area contributed by atoms with Crippen molar-refractivity contribution in [2.75, 3.05) is 13.7 Å². The largest absolute Gasteiger partial charge is 0.466 e. The normalized spacial score (nSPS) is 16.7. The van der Waals surface area contributed by atoms with E-state index in [-0.39, 0.29) is 17.7 Å². The predicted octanol–water partition coefficient (Wildman–Crippen LogP) is 3.21. The SMILES string of the molecule is COC(=O)C1=C(C)NC(C)=C(C(=O)NCC(=O)OC(C)(C)C)C1c1ccccc1Cl. The Morgan fingerprint density at radius 2 is 1.70 bits per heavy atom. The van der Waals surface area contributed by atoms with Crippen LogP contribution >= 0.6 is 11.6 Å². The molecule has 162 valence electrons. The molecule has 1 aromatic rings. The monoisotopic (exact) mass is 434 g/mol. The minimum Gasteiger partial charge on any atom is -0.466 e. The van der Waals surface area contributed by atoms with E-state index in [1.165, 1.54) is 7.11 Å². The van der Waals surface area contributed by atoms with E-state index >= 15 is 0 Å². The first-order valence-electron chi connectivity index (χ1n) is 9.47. The highest BCUT2D eigenvalue weighted by molar-refractivity contribution is 6.31. The van der Waals surface area contributed by atoms with Crippen molar-refractivity contribution in [3.05, 3.63) is 57.4 Å². The first-order valence-corrected chi connectivity index (χ1v) is 9.85. The van der Waals surface area contributed by atoms with Crippen molar-refractivity contribution in [1.29, 1.82) is 0 Å². The van der Waals surface area contributed by atoms with Gasteiger partial charge in [-0.3, -0.25) is 9.59 Å². The third-order valence-electron chi connectivity index (χ3n) is 4.44. The Balaban J connectivity index is 2.43. The van der Waals surface area contributed by atoms with Crippen LogP contribution in [0.3, 0.4) is 0 Å². The number of carbonyl (C=O) groups is 3. The number of benzene rings is 1. The van der Waals surface area contributed by atoms with Crippen LogP contribution in [0.4, 0.5) is 0 Å². The molecule has 0 fully saturated rings. The van der Waals surface area contributed by atoms with Gasteiger partial charge < -0.3 is 20.1 Å². The highest BCUT2D eigenvalue weighted by Crippen LogP contribution is 2.41. The van der Waals surface area contributed by atoms with Crippen LogP contribution < -0.4 is 10.6 Å². The average Bonchev–Trinajstić information content (AvgIpc) is 2.64.